The van der Waals surface area contributed by atoms with Crippen molar-refractivity contribution in [3.63, 3.8) is 0 Å². The van der Waals surface area contributed by atoms with E-state index in [-0.39, 0.29) is 0 Å². The van der Waals surface area contributed by atoms with Gasteiger partial charge in [-0.05, 0) is 29.6 Å². The molecule has 2 aromatic rings. The maximum Gasteiger partial charge on any atom is 0.115 e. The number of nitrogens with two attached hydrogens (primary N) is 1. The molecule has 0 amide bonds. The van der Waals surface area contributed by atoms with Crippen LogP contribution in [0.25, 0.3) is 0 Å². The smallest absolute Gasteiger partial charge is 0.115 e. The molecule has 0 aliphatic carbocycles. The quantitative estimate of drug-likeness (QED) is 0.832. The predicted molar refractivity (Wildman–Crippen MR) is 66.9 cm³/mol. The first-order chi connectivity index (χ1) is 7.18. The van der Waals surface area contributed by atoms with Crippen molar-refractivity contribution in [2.75, 3.05) is 5.73 Å². The molecule has 0 fully saturated rings. The predicted octanol–water partition coefficient (Wildman–Crippen LogP) is 3.17. The van der Waals surface area contributed by atoms with Gasteiger partial charge in [-0.15, -0.1) is 11.3 Å². The van der Waals surface area contributed by atoms with Gasteiger partial charge >= 0.3 is 0 Å². The first kappa shape index (κ1) is 10.7. The van der Waals surface area contributed by atoms with Gasteiger partial charge < -0.3 is 10.8 Å². The molecule has 1 aromatic heterocycles. The van der Waals surface area contributed by atoms with Crippen molar-refractivity contribution in [3.05, 3.63) is 50.6 Å². The van der Waals surface area contributed by atoms with Crippen molar-refractivity contribution in [3.8, 4) is 0 Å². The summed E-state index contributed by atoms with van der Waals surface area (Å²) in [5.41, 5.74) is 7.17. The minimum atomic E-state index is -0.637. The minimum Gasteiger partial charge on any atom is -0.398 e. The third kappa shape index (κ3) is 2.22. The van der Waals surface area contributed by atoms with Crippen LogP contribution in [0.2, 0.25) is 0 Å². The third-order valence-electron chi connectivity index (χ3n) is 2.16. The second-order valence-corrected chi connectivity index (χ2v) is 5.09. The monoisotopic (exact) mass is 283 g/mol. The highest BCUT2D eigenvalue weighted by molar-refractivity contribution is 9.10. The van der Waals surface area contributed by atoms with Crippen LogP contribution >= 0.6 is 27.3 Å². The average Bonchev–Trinajstić information content (AvgIpc) is 2.74. The Morgan fingerprint density at radius 3 is 2.80 bits per heavy atom. The highest BCUT2D eigenvalue weighted by Gasteiger charge is 2.14. The normalized spacial score (nSPS) is 12.7. The van der Waals surface area contributed by atoms with Gasteiger partial charge in [-0.1, -0.05) is 22.0 Å². The van der Waals surface area contributed by atoms with E-state index < -0.39 is 6.10 Å². The van der Waals surface area contributed by atoms with Crippen molar-refractivity contribution in [1.29, 1.82) is 0 Å². The van der Waals surface area contributed by atoms with E-state index in [1.165, 1.54) is 11.3 Å². The fraction of sp³-hybridized carbons (Fsp3) is 0.0909. The van der Waals surface area contributed by atoms with Crippen LogP contribution in [-0.4, -0.2) is 5.11 Å². The lowest BCUT2D eigenvalue weighted by Gasteiger charge is -2.12. The summed E-state index contributed by atoms with van der Waals surface area (Å²) in [5, 5.41) is 12.0. The molecule has 0 saturated carbocycles. The number of aliphatic hydroxyl groups excluding tert-OH is 1. The van der Waals surface area contributed by atoms with Crippen molar-refractivity contribution < 1.29 is 5.11 Å². The fourth-order valence-corrected chi connectivity index (χ4v) is 2.49. The molecule has 0 radical (unpaired) electrons. The summed E-state index contributed by atoms with van der Waals surface area (Å²) < 4.78 is 0.919. The van der Waals surface area contributed by atoms with Gasteiger partial charge in [0.05, 0.1) is 0 Å². The Labute approximate surface area is 100 Å². The van der Waals surface area contributed by atoms with E-state index in [2.05, 4.69) is 15.9 Å². The standard InChI is InChI=1S/C11H10BrNOS/c12-7-3-4-9(13)8(6-7)11(14)10-2-1-5-15-10/h1-6,11,14H,13H2. The molecule has 0 aliphatic rings. The summed E-state index contributed by atoms with van der Waals surface area (Å²) in [4.78, 5) is 0.903. The third-order valence-corrected chi connectivity index (χ3v) is 3.57. The van der Waals surface area contributed by atoms with E-state index in [0.717, 1.165) is 14.9 Å². The van der Waals surface area contributed by atoms with E-state index in [4.69, 9.17) is 5.73 Å². The van der Waals surface area contributed by atoms with Crippen LogP contribution < -0.4 is 5.73 Å². The second kappa shape index (κ2) is 4.35. The van der Waals surface area contributed by atoms with Crippen molar-refractivity contribution in [2.24, 2.45) is 0 Å². The summed E-state index contributed by atoms with van der Waals surface area (Å²) in [6, 6.07) is 9.31. The highest BCUT2D eigenvalue weighted by atomic mass is 79.9. The van der Waals surface area contributed by atoms with Gasteiger partial charge in [-0.25, -0.2) is 0 Å². The zero-order chi connectivity index (χ0) is 10.8. The van der Waals surface area contributed by atoms with Gasteiger partial charge in [0.2, 0.25) is 0 Å². The summed E-state index contributed by atoms with van der Waals surface area (Å²) in [6.07, 6.45) is -0.637. The van der Waals surface area contributed by atoms with Gasteiger partial charge in [0.15, 0.2) is 0 Å². The summed E-state index contributed by atoms with van der Waals surface area (Å²) in [7, 11) is 0. The molecule has 4 heteroatoms. The molecule has 0 saturated heterocycles. The number of hydrogen-bond acceptors (Lipinski definition) is 3. The Morgan fingerprint density at radius 2 is 2.13 bits per heavy atom. The van der Waals surface area contributed by atoms with Crippen LogP contribution in [-0.2, 0) is 0 Å². The Bertz CT molecular complexity index is 456. The molecule has 78 valence electrons. The van der Waals surface area contributed by atoms with Crippen LogP contribution in [0.15, 0.2) is 40.2 Å². The largest absolute Gasteiger partial charge is 0.398 e. The Kier molecular flexibility index (Phi) is 3.09. The van der Waals surface area contributed by atoms with E-state index in [1.54, 1.807) is 6.07 Å². The summed E-state index contributed by atoms with van der Waals surface area (Å²) >= 11 is 4.88. The summed E-state index contributed by atoms with van der Waals surface area (Å²) in [6.45, 7) is 0. The number of thiophene rings is 1. The summed E-state index contributed by atoms with van der Waals surface area (Å²) in [5.74, 6) is 0. The number of nitrogen functional groups attached to an aromatic ring is 1. The van der Waals surface area contributed by atoms with Gasteiger partial charge in [0.1, 0.15) is 6.10 Å². The van der Waals surface area contributed by atoms with Gasteiger partial charge in [-0.2, -0.15) is 0 Å². The molecule has 3 N–H and O–H groups in total. The van der Waals surface area contributed by atoms with Crippen LogP contribution in [0.5, 0.6) is 0 Å². The molecule has 1 aromatic carbocycles. The fourth-order valence-electron chi connectivity index (χ4n) is 1.38. The van der Waals surface area contributed by atoms with Gasteiger partial charge in [-0.3, -0.25) is 0 Å². The van der Waals surface area contributed by atoms with Crippen LogP contribution in [0.4, 0.5) is 5.69 Å². The average molecular weight is 284 g/mol. The molecule has 15 heavy (non-hydrogen) atoms. The molecular formula is C11H10BrNOS. The number of benzene rings is 1. The second-order valence-electron chi connectivity index (χ2n) is 3.19. The van der Waals surface area contributed by atoms with Crippen LogP contribution in [0.3, 0.4) is 0 Å². The molecule has 2 rings (SSSR count). The highest BCUT2D eigenvalue weighted by Crippen LogP contribution is 2.31. The molecule has 1 heterocycles. The SMILES string of the molecule is Nc1ccc(Br)cc1C(O)c1cccs1. The Morgan fingerprint density at radius 1 is 1.33 bits per heavy atom. The molecule has 2 nitrogen and oxygen atoms in total. The first-order valence-electron chi connectivity index (χ1n) is 4.45. The minimum absolute atomic E-state index is 0.610. The molecule has 0 aliphatic heterocycles. The Balaban J connectivity index is 2.41. The van der Waals surface area contributed by atoms with E-state index in [9.17, 15) is 5.11 Å². The van der Waals surface area contributed by atoms with E-state index in [1.807, 2.05) is 29.6 Å². The lowest BCUT2D eigenvalue weighted by molar-refractivity contribution is 0.225. The van der Waals surface area contributed by atoms with Crippen molar-refractivity contribution >= 4 is 33.0 Å². The molecule has 1 atom stereocenters. The van der Waals surface area contributed by atoms with Crippen LogP contribution in [0.1, 0.15) is 16.5 Å². The van der Waals surface area contributed by atoms with Crippen molar-refractivity contribution in [2.45, 2.75) is 6.10 Å². The number of rotatable bonds is 2. The molecular weight excluding hydrogens is 274 g/mol. The van der Waals surface area contributed by atoms with E-state index in [0.29, 0.717) is 5.69 Å². The number of halogens is 1. The maximum absolute atomic E-state index is 10.1. The Hall–Kier alpha value is -0.840. The van der Waals surface area contributed by atoms with E-state index >= 15 is 0 Å². The first-order valence-corrected chi connectivity index (χ1v) is 6.12. The molecule has 1 unspecified atom stereocenters. The zero-order valence-electron chi connectivity index (χ0n) is 7.85. The number of aliphatic hydroxyl groups is 1. The maximum atomic E-state index is 10.1. The topological polar surface area (TPSA) is 46.2 Å². The van der Waals surface area contributed by atoms with Crippen LogP contribution in [0, 0.1) is 0 Å². The number of anilines is 1. The lowest BCUT2D eigenvalue weighted by atomic mass is 10.1. The van der Waals surface area contributed by atoms with Gasteiger partial charge in [0, 0.05) is 20.6 Å². The van der Waals surface area contributed by atoms with Gasteiger partial charge in [0.25, 0.3) is 0 Å². The molecule has 0 bridgehead atoms. The number of hydrogen-bond donors (Lipinski definition) is 2. The van der Waals surface area contributed by atoms with Crippen molar-refractivity contribution in [1.82, 2.24) is 0 Å². The molecule has 0 spiro atoms. The lowest BCUT2D eigenvalue weighted by Crippen LogP contribution is -2.01. The zero-order valence-corrected chi connectivity index (χ0v) is 10.3.